The molecule has 5 nitrogen and oxygen atoms in total. The number of aliphatic imine (C=N–C) groups is 2. The monoisotopic (exact) mass is 436 g/mol. The number of rotatable bonds is 10. The van der Waals surface area contributed by atoms with Crippen LogP contribution >= 0.6 is 0 Å². The van der Waals surface area contributed by atoms with Crippen LogP contribution in [-0.4, -0.2) is 31.0 Å². The van der Waals surface area contributed by atoms with E-state index in [0.717, 1.165) is 59.4 Å². The molecule has 0 bridgehead atoms. The molecule has 5 heteroatoms. The van der Waals surface area contributed by atoms with Crippen molar-refractivity contribution >= 4 is 18.0 Å². The van der Waals surface area contributed by atoms with Crippen LogP contribution in [0.1, 0.15) is 66.7 Å². The lowest BCUT2D eigenvalue weighted by atomic mass is 9.96. The van der Waals surface area contributed by atoms with Crippen molar-refractivity contribution < 1.29 is 4.79 Å². The second-order valence-electron chi connectivity index (χ2n) is 7.61. The Hall–Kier alpha value is -2.95. The molecule has 0 spiro atoms. The second-order valence-corrected chi connectivity index (χ2v) is 7.61. The number of carbonyl (C=O) groups is 1. The summed E-state index contributed by atoms with van der Waals surface area (Å²) in [6.45, 7) is 23.6. The summed E-state index contributed by atoms with van der Waals surface area (Å²) in [5.41, 5.74) is 7.91. The third-order valence-corrected chi connectivity index (χ3v) is 5.43. The number of hydrogen-bond donors (Lipinski definition) is 2. The van der Waals surface area contributed by atoms with Gasteiger partial charge in [0.05, 0.1) is 18.0 Å². The van der Waals surface area contributed by atoms with E-state index < -0.39 is 0 Å². The van der Waals surface area contributed by atoms with Gasteiger partial charge in [-0.05, 0) is 54.9 Å². The first-order valence-corrected chi connectivity index (χ1v) is 11.6. The zero-order valence-corrected chi connectivity index (χ0v) is 20.6. The lowest BCUT2D eigenvalue weighted by Gasteiger charge is -2.22. The molecule has 174 valence electrons. The third-order valence-electron chi connectivity index (χ3n) is 5.43. The molecule has 0 unspecified atom stereocenters. The number of nitrogens with zero attached hydrogens (tertiary/aromatic N) is 2. The fourth-order valence-corrected chi connectivity index (χ4v) is 3.28. The summed E-state index contributed by atoms with van der Waals surface area (Å²) in [6.07, 6.45) is 9.80. The van der Waals surface area contributed by atoms with Gasteiger partial charge in [-0.1, -0.05) is 65.2 Å². The number of nitrogens with one attached hydrogen (secondary N) is 2. The highest BCUT2D eigenvalue weighted by Gasteiger charge is 2.21. The van der Waals surface area contributed by atoms with Gasteiger partial charge in [-0.15, -0.1) is 0 Å². The van der Waals surface area contributed by atoms with E-state index in [1.54, 1.807) is 6.34 Å². The molecule has 2 N–H and O–H groups in total. The molecule has 1 aliphatic carbocycles. The molecule has 2 rings (SSSR count). The second kappa shape index (κ2) is 14.2. The molecule has 0 fully saturated rings. The molecule has 0 aromatic heterocycles. The molecule has 1 aliphatic heterocycles. The van der Waals surface area contributed by atoms with Crippen LogP contribution in [0.5, 0.6) is 0 Å². The molecule has 0 atom stereocenters. The van der Waals surface area contributed by atoms with Gasteiger partial charge < -0.3 is 10.6 Å². The van der Waals surface area contributed by atoms with Crippen LogP contribution in [0.4, 0.5) is 0 Å². The lowest BCUT2D eigenvalue weighted by Crippen LogP contribution is -2.29. The maximum atomic E-state index is 11.9. The molecule has 0 saturated heterocycles. The average Bonchev–Trinajstić information content (AvgIpc) is 2.96. The van der Waals surface area contributed by atoms with Gasteiger partial charge in [-0.3, -0.25) is 9.79 Å². The Labute approximate surface area is 194 Å². The Balaban J connectivity index is 0.00000249. The first-order valence-electron chi connectivity index (χ1n) is 11.6. The van der Waals surface area contributed by atoms with Gasteiger partial charge >= 0.3 is 0 Å². The van der Waals surface area contributed by atoms with Crippen molar-refractivity contribution in [2.24, 2.45) is 9.98 Å². The quantitative estimate of drug-likeness (QED) is 0.252. The largest absolute Gasteiger partial charge is 0.380 e. The Morgan fingerprint density at radius 2 is 1.91 bits per heavy atom. The third kappa shape index (κ3) is 7.95. The van der Waals surface area contributed by atoms with Crippen molar-refractivity contribution in [3.63, 3.8) is 0 Å². The first-order chi connectivity index (χ1) is 15.4. The molecule has 0 saturated carbocycles. The van der Waals surface area contributed by atoms with E-state index in [4.69, 9.17) is 0 Å². The predicted molar refractivity (Wildman–Crippen MR) is 139 cm³/mol. The smallest absolute Gasteiger partial charge is 0.224 e. The zero-order chi connectivity index (χ0) is 24.1. The van der Waals surface area contributed by atoms with Crippen molar-refractivity contribution in [1.29, 1.82) is 0 Å². The minimum absolute atomic E-state index is 0.0884. The highest BCUT2D eigenvalue weighted by molar-refractivity contribution is 6.13. The van der Waals surface area contributed by atoms with E-state index in [1.165, 1.54) is 5.57 Å². The Kier molecular flexibility index (Phi) is 12.0. The van der Waals surface area contributed by atoms with Gasteiger partial charge in [-0.2, -0.15) is 0 Å². The fourth-order valence-electron chi connectivity index (χ4n) is 3.28. The van der Waals surface area contributed by atoms with Crippen LogP contribution in [0.3, 0.4) is 0 Å². The van der Waals surface area contributed by atoms with Crippen LogP contribution in [0, 0.1) is 0 Å². The fraction of sp³-hybridized carbons (Fsp3) is 0.444. The molecule has 2 aliphatic rings. The predicted octanol–water partition coefficient (Wildman–Crippen LogP) is 5.96. The van der Waals surface area contributed by atoms with Crippen LogP contribution in [-0.2, 0) is 4.79 Å². The van der Waals surface area contributed by atoms with Crippen molar-refractivity contribution in [2.45, 2.75) is 66.7 Å². The van der Waals surface area contributed by atoms with E-state index in [0.29, 0.717) is 25.2 Å². The summed E-state index contributed by atoms with van der Waals surface area (Å²) in [4.78, 5) is 20.7. The molecule has 1 heterocycles. The van der Waals surface area contributed by atoms with Crippen LogP contribution in [0.2, 0.25) is 0 Å². The van der Waals surface area contributed by atoms with E-state index in [2.05, 4.69) is 66.4 Å². The highest BCUT2D eigenvalue weighted by Crippen LogP contribution is 2.28. The SMILES string of the molecule is C=C(CC)CN=CN=C(C(=C)CC)C(=C)NCC1=C(C)C2=C(CC=C1)CCC(=O)N2.CC. The standard InChI is InChI=1S/C25H34N4O.C2H6/c1-7-17(3)14-26-16-28-24(18(4)8-2)20(6)27-15-22-11-9-10-21-12-13-23(30)29-25(21)19(22)5;1-2/h9,11,16,27H,3-4,6-8,10,12-15H2,1-2,5H3,(H,29,30);1-2H3. The van der Waals surface area contributed by atoms with Gasteiger partial charge in [0, 0.05) is 18.7 Å². The van der Waals surface area contributed by atoms with Gasteiger partial charge in [0.15, 0.2) is 0 Å². The first kappa shape index (κ1) is 27.1. The van der Waals surface area contributed by atoms with Crippen LogP contribution in [0.15, 0.2) is 81.1 Å². The van der Waals surface area contributed by atoms with E-state index in [1.807, 2.05) is 20.8 Å². The Bertz CT molecular complexity index is 881. The molecule has 0 radical (unpaired) electrons. The van der Waals surface area contributed by atoms with Crippen molar-refractivity contribution in [3.05, 3.63) is 71.1 Å². The Morgan fingerprint density at radius 1 is 1.19 bits per heavy atom. The van der Waals surface area contributed by atoms with Gasteiger partial charge in [0.2, 0.25) is 5.91 Å². The summed E-state index contributed by atoms with van der Waals surface area (Å²) in [7, 11) is 0. The number of carbonyl (C=O) groups excluding carboxylic acids is 1. The zero-order valence-electron chi connectivity index (χ0n) is 20.6. The van der Waals surface area contributed by atoms with Crippen molar-refractivity contribution in [1.82, 2.24) is 10.6 Å². The van der Waals surface area contributed by atoms with Gasteiger partial charge in [0.25, 0.3) is 0 Å². The number of amides is 1. The molecule has 0 aromatic carbocycles. The average molecular weight is 437 g/mol. The van der Waals surface area contributed by atoms with E-state index >= 15 is 0 Å². The minimum Gasteiger partial charge on any atom is -0.380 e. The van der Waals surface area contributed by atoms with Crippen molar-refractivity contribution in [3.8, 4) is 0 Å². The summed E-state index contributed by atoms with van der Waals surface area (Å²) in [5, 5.41) is 6.44. The lowest BCUT2D eigenvalue weighted by molar-refractivity contribution is -0.120. The molecular formula is C27H40N4O. The summed E-state index contributed by atoms with van der Waals surface area (Å²) in [5.74, 6) is 0.0884. The molecule has 1 amide bonds. The maximum Gasteiger partial charge on any atom is 0.224 e. The number of hydrogen-bond acceptors (Lipinski definition) is 3. The summed E-state index contributed by atoms with van der Waals surface area (Å²) < 4.78 is 0. The highest BCUT2D eigenvalue weighted by atomic mass is 16.1. The van der Waals surface area contributed by atoms with Gasteiger partial charge in [0.1, 0.15) is 6.34 Å². The van der Waals surface area contributed by atoms with Crippen molar-refractivity contribution in [2.75, 3.05) is 13.1 Å². The molecule has 0 aromatic rings. The number of allylic oxidation sites excluding steroid dienone is 4. The maximum absolute atomic E-state index is 11.9. The van der Waals surface area contributed by atoms with Gasteiger partial charge in [-0.25, -0.2) is 4.99 Å². The minimum atomic E-state index is 0.0884. The van der Waals surface area contributed by atoms with E-state index in [-0.39, 0.29) is 5.91 Å². The normalized spacial score (nSPS) is 16.2. The Morgan fingerprint density at radius 3 is 2.56 bits per heavy atom. The van der Waals surface area contributed by atoms with E-state index in [9.17, 15) is 4.79 Å². The summed E-state index contributed by atoms with van der Waals surface area (Å²) >= 11 is 0. The molecule has 32 heavy (non-hydrogen) atoms. The topological polar surface area (TPSA) is 65.8 Å². The van der Waals surface area contributed by atoms with Crippen LogP contribution in [0.25, 0.3) is 0 Å². The van der Waals surface area contributed by atoms with Crippen LogP contribution < -0.4 is 10.6 Å². The summed E-state index contributed by atoms with van der Waals surface area (Å²) in [6, 6.07) is 0. The molecular weight excluding hydrogens is 396 g/mol.